The molecule has 4 rings (SSSR count). The summed E-state index contributed by atoms with van der Waals surface area (Å²) >= 11 is 3.62. The van der Waals surface area contributed by atoms with Crippen molar-refractivity contribution < 1.29 is 0 Å². The van der Waals surface area contributed by atoms with E-state index in [-0.39, 0.29) is 0 Å². The van der Waals surface area contributed by atoms with Gasteiger partial charge in [0, 0.05) is 17.2 Å². The van der Waals surface area contributed by atoms with Crippen molar-refractivity contribution in [2.75, 3.05) is 31.6 Å². The van der Waals surface area contributed by atoms with Crippen molar-refractivity contribution in [3.8, 4) is 0 Å². The third-order valence-electron chi connectivity index (χ3n) is 5.38. The van der Waals surface area contributed by atoms with Crippen LogP contribution in [0.3, 0.4) is 0 Å². The summed E-state index contributed by atoms with van der Waals surface area (Å²) in [5.74, 6) is 3.11. The average molecular weight is 363 g/mol. The Bertz CT molecular complexity index is 742. The van der Waals surface area contributed by atoms with Crippen molar-refractivity contribution in [2.45, 2.75) is 50.1 Å². The highest BCUT2D eigenvalue weighted by Gasteiger charge is 2.25. The summed E-state index contributed by atoms with van der Waals surface area (Å²) in [5.41, 5.74) is 7.79. The van der Waals surface area contributed by atoms with Crippen molar-refractivity contribution in [3.63, 3.8) is 0 Å². The van der Waals surface area contributed by atoms with Crippen LogP contribution in [0.1, 0.15) is 49.0 Å². The first-order valence-electron chi connectivity index (χ1n) is 9.02. The number of rotatable bonds is 3. The molecule has 130 valence electrons. The molecule has 0 radical (unpaired) electrons. The Hall–Kier alpha value is -0.850. The number of nitrogens with two attached hydrogens (primary N) is 1. The largest absolute Gasteiger partial charge is 0.383 e. The molecule has 1 fully saturated rings. The van der Waals surface area contributed by atoms with Gasteiger partial charge in [0.25, 0.3) is 0 Å². The van der Waals surface area contributed by atoms with Crippen LogP contribution < -0.4 is 5.73 Å². The van der Waals surface area contributed by atoms with E-state index in [0.29, 0.717) is 11.7 Å². The zero-order valence-corrected chi connectivity index (χ0v) is 16.2. The molecule has 0 spiro atoms. The first-order valence-corrected chi connectivity index (χ1v) is 10.8. The highest BCUT2D eigenvalue weighted by molar-refractivity contribution is 7.99. The van der Waals surface area contributed by atoms with Gasteiger partial charge >= 0.3 is 0 Å². The van der Waals surface area contributed by atoms with Gasteiger partial charge in [0.15, 0.2) is 5.16 Å². The molecule has 0 amide bonds. The molecule has 4 nitrogen and oxygen atoms in total. The molecule has 24 heavy (non-hydrogen) atoms. The van der Waals surface area contributed by atoms with E-state index in [0.717, 1.165) is 27.0 Å². The van der Waals surface area contributed by atoms with Crippen LogP contribution in [0.4, 0.5) is 5.82 Å². The number of nitrogens with zero attached hydrogens (tertiary/aromatic N) is 3. The van der Waals surface area contributed by atoms with Crippen LogP contribution in [0.2, 0.25) is 0 Å². The summed E-state index contributed by atoms with van der Waals surface area (Å²) in [7, 11) is 2.22. The van der Waals surface area contributed by atoms with Gasteiger partial charge < -0.3 is 10.6 Å². The second-order valence-corrected chi connectivity index (χ2v) is 9.46. The summed E-state index contributed by atoms with van der Waals surface area (Å²) < 4.78 is 0. The minimum absolute atomic E-state index is 0.588. The van der Waals surface area contributed by atoms with E-state index in [9.17, 15) is 0 Å². The molecule has 2 aliphatic rings. The molecule has 1 saturated heterocycles. The maximum atomic E-state index is 6.35. The number of nitrogen functional groups attached to an aromatic ring is 1. The van der Waals surface area contributed by atoms with Crippen LogP contribution in [0.5, 0.6) is 0 Å². The monoisotopic (exact) mass is 362 g/mol. The summed E-state index contributed by atoms with van der Waals surface area (Å²) in [4.78, 5) is 14.5. The zero-order valence-electron chi connectivity index (χ0n) is 14.5. The number of thioether (sulfide) groups is 1. The van der Waals surface area contributed by atoms with Crippen molar-refractivity contribution in [1.29, 1.82) is 0 Å². The van der Waals surface area contributed by atoms with Crippen molar-refractivity contribution in [1.82, 2.24) is 14.9 Å². The van der Waals surface area contributed by atoms with Crippen LogP contribution in [0, 0.1) is 5.92 Å². The number of piperidine rings is 1. The Kier molecular flexibility index (Phi) is 4.71. The molecular formula is C18H26N4S2. The number of aromatic nitrogens is 2. The SMILES string of the molecule is CC1CCCc2sc3nc(SCC4CCCN(C)C4)nc(N)c3c21. The first-order chi connectivity index (χ1) is 11.6. The lowest BCUT2D eigenvalue weighted by atomic mass is 9.87. The molecule has 0 saturated carbocycles. The summed E-state index contributed by atoms with van der Waals surface area (Å²) in [5, 5.41) is 2.00. The van der Waals surface area contributed by atoms with Crippen molar-refractivity contribution in [2.24, 2.45) is 5.92 Å². The Morgan fingerprint density at radius 1 is 1.29 bits per heavy atom. The number of anilines is 1. The van der Waals surface area contributed by atoms with Gasteiger partial charge in [-0.05, 0) is 63.1 Å². The predicted octanol–water partition coefficient (Wildman–Crippen LogP) is 4.15. The highest BCUT2D eigenvalue weighted by Crippen LogP contribution is 2.43. The average Bonchev–Trinajstić information content (AvgIpc) is 2.93. The Morgan fingerprint density at radius 3 is 3.00 bits per heavy atom. The minimum atomic E-state index is 0.588. The molecule has 2 aromatic heterocycles. The molecule has 2 unspecified atom stereocenters. The maximum Gasteiger partial charge on any atom is 0.190 e. The topological polar surface area (TPSA) is 55.0 Å². The van der Waals surface area contributed by atoms with Gasteiger partial charge in [0.2, 0.25) is 0 Å². The molecule has 0 bridgehead atoms. The fourth-order valence-corrected chi connectivity index (χ4v) is 6.54. The number of hydrogen-bond donors (Lipinski definition) is 1. The maximum absolute atomic E-state index is 6.35. The summed E-state index contributed by atoms with van der Waals surface area (Å²) in [6.45, 7) is 4.73. The van der Waals surface area contributed by atoms with E-state index in [4.69, 9.17) is 10.7 Å². The van der Waals surface area contributed by atoms with Crippen LogP contribution in [-0.2, 0) is 6.42 Å². The molecule has 1 aliphatic heterocycles. The van der Waals surface area contributed by atoms with Gasteiger partial charge in [0.05, 0.1) is 5.39 Å². The lowest BCUT2D eigenvalue weighted by molar-refractivity contribution is 0.224. The van der Waals surface area contributed by atoms with Gasteiger partial charge in [-0.25, -0.2) is 9.97 Å². The van der Waals surface area contributed by atoms with Crippen LogP contribution in [-0.4, -0.2) is 40.8 Å². The van der Waals surface area contributed by atoms with Crippen molar-refractivity contribution >= 4 is 39.1 Å². The standard InChI is InChI=1S/C18H26N4S2/c1-11-5-3-7-13-14(11)15-16(19)20-18(21-17(15)24-13)23-10-12-6-4-8-22(2)9-12/h11-12H,3-10H2,1-2H3,(H2,19,20,21). The number of likely N-dealkylation sites (tertiary alicyclic amines) is 1. The normalized spacial score (nSPS) is 25.1. The number of thiophene rings is 1. The number of fused-ring (bicyclic) bond motifs is 3. The van der Waals surface area contributed by atoms with Crippen LogP contribution in [0.25, 0.3) is 10.2 Å². The second-order valence-electron chi connectivity index (χ2n) is 7.39. The van der Waals surface area contributed by atoms with Crippen LogP contribution >= 0.6 is 23.1 Å². The zero-order chi connectivity index (χ0) is 16.7. The third kappa shape index (κ3) is 3.16. The fraction of sp³-hybridized carbons (Fsp3) is 0.667. The first kappa shape index (κ1) is 16.6. The van der Waals surface area contributed by atoms with E-state index < -0.39 is 0 Å². The highest BCUT2D eigenvalue weighted by atomic mass is 32.2. The Morgan fingerprint density at radius 2 is 2.17 bits per heavy atom. The quantitative estimate of drug-likeness (QED) is 0.657. The number of hydrogen-bond acceptors (Lipinski definition) is 6. The molecule has 2 N–H and O–H groups in total. The Balaban J connectivity index is 1.57. The molecule has 2 atom stereocenters. The summed E-state index contributed by atoms with van der Waals surface area (Å²) in [6.07, 6.45) is 6.34. The Labute approximate surface area is 152 Å². The van der Waals surface area contributed by atoms with Gasteiger partial charge in [0.1, 0.15) is 10.6 Å². The van der Waals surface area contributed by atoms with Crippen molar-refractivity contribution in [3.05, 3.63) is 10.4 Å². The van der Waals surface area contributed by atoms with E-state index in [1.54, 1.807) is 11.8 Å². The van der Waals surface area contributed by atoms with E-state index in [1.165, 1.54) is 55.6 Å². The van der Waals surface area contributed by atoms with Gasteiger partial charge in [-0.2, -0.15) is 0 Å². The molecule has 6 heteroatoms. The van der Waals surface area contributed by atoms with E-state index in [2.05, 4.69) is 23.9 Å². The molecule has 3 heterocycles. The van der Waals surface area contributed by atoms with E-state index >= 15 is 0 Å². The third-order valence-corrected chi connectivity index (χ3v) is 7.61. The molecule has 1 aliphatic carbocycles. The smallest absolute Gasteiger partial charge is 0.190 e. The summed E-state index contributed by atoms with van der Waals surface area (Å²) in [6, 6.07) is 0. The lowest BCUT2D eigenvalue weighted by Gasteiger charge is -2.29. The van der Waals surface area contributed by atoms with Gasteiger partial charge in [-0.3, -0.25) is 0 Å². The minimum Gasteiger partial charge on any atom is -0.383 e. The second kappa shape index (κ2) is 6.81. The molecular weight excluding hydrogens is 336 g/mol. The lowest BCUT2D eigenvalue weighted by Crippen LogP contribution is -2.33. The molecule has 0 aromatic carbocycles. The molecule has 2 aromatic rings. The van der Waals surface area contributed by atoms with Gasteiger partial charge in [-0.1, -0.05) is 18.7 Å². The number of aryl methyl sites for hydroxylation is 1. The van der Waals surface area contributed by atoms with Crippen LogP contribution in [0.15, 0.2) is 5.16 Å². The predicted molar refractivity (Wildman–Crippen MR) is 104 cm³/mol. The van der Waals surface area contributed by atoms with Gasteiger partial charge in [-0.15, -0.1) is 11.3 Å². The van der Waals surface area contributed by atoms with E-state index in [1.807, 2.05) is 11.3 Å². The fourth-order valence-electron chi connectivity index (χ4n) is 4.16.